The molecule has 0 aliphatic rings. The van der Waals surface area contributed by atoms with E-state index in [0.29, 0.717) is 10.7 Å². The number of benzene rings is 1. The molecule has 0 heterocycles. The van der Waals surface area contributed by atoms with Gasteiger partial charge >= 0.3 is 0 Å². The van der Waals surface area contributed by atoms with Gasteiger partial charge in [-0.05, 0) is 41.5 Å². The third-order valence-electron chi connectivity index (χ3n) is 3.10. The molecule has 0 radical (unpaired) electrons. The summed E-state index contributed by atoms with van der Waals surface area (Å²) in [5, 5.41) is 0. The normalized spacial score (nSPS) is 12.6. The van der Waals surface area contributed by atoms with Crippen molar-refractivity contribution in [2.24, 2.45) is 5.92 Å². The molecule has 0 N–H and O–H groups in total. The predicted molar refractivity (Wildman–Crippen MR) is 83.6 cm³/mol. The van der Waals surface area contributed by atoms with E-state index in [1.165, 1.54) is 5.56 Å². The summed E-state index contributed by atoms with van der Waals surface area (Å²) in [6, 6.07) is 6.36. The molecule has 1 atom stereocenters. The quantitative estimate of drug-likeness (QED) is 0.666. The van der Waals surface area contributed by atoms with Gasteiger partial charge in [-0.3, -0.25) is 0 Å². The van der Waals surface area contributed by atoms with Gasteiger partial charge in [0.2, 0.25) is 0 Å². The number of methoxy groups -OCH3 is 1. The van der Waals surface area contributed by atoms with Crippen LogP contribution in [0.25, 0.3) is 5.57 Å². The van der Waals surface area contributed by atoms with Gasteiger partial charge in [-0.1, -0.05) is 55.4 Å². The third kappa shape index (κ3) is 3.88. The summed E-state index contributed by atoms with van der Waals surface area (Å²) in [6.07, 6.45) is 2.08. The summed E-state index contributed by atoms with van der Waals surface area (Å²) < 4.78 is 5.43. The Morgan fingerprint density at radius 2 is 2.06 bits per heavy atom. The number of allylic oxidation sites excluding steroid dienone is 1. The second kappa shape index (κ2) is 6.98. The molecule has 0 saturated heterocycles. The summed E-state index contributed by atoms with van der Waals surface area (Å²) in [5.41, 5.74) is 3.53. The molecule has 1 unspecified atom stereocenters. The van der Waals surface area contributed by atoms with E-state index in [9.17, 15) is 0 Å². The molecular formula is C16H23BrO. The maximum atomic E-state index is 5.43. The SMILES string of the molecule is C=C(c1ccc(CC)c(OC)c1)C(Br)CC(C)C. The zero-order chi connectivity index (χ0) is 13.7. The molecule has 0 aliphatic heterocycles. The number of halogens is 1. The van der Waals surface area contributed by atoms with Gasteiger partial charge in [-0.15, -0.1) is 0 Å². The highest BCUT2D eigenvalue weighted by Crippen LogP contribution is 2.30. The molecule has 0 aromatic heterocycles. The van der Waals surface area contributed by atoms with Crippen molar-refractivity contribution in [1.82, 2.24) is 0 Å². The molecule has 100 valence electrons. The zero-order valence-electron chi connectivity index (χ0n) is 11.8. The molecule has 18 heavy (non-hydrogen) atoms. The lowest BCUT2D eigenvalue weighted by Gasteiger charge is -2.17. The van der Waals surface area contributed by atoms with E-state index in [1.807, 2.05) is 0 Å². The lowest BCUT2D eigenvalue weighted by Crippen LogP contribution is -2.05. The molecule has 0 amide bonds. The minimum Gasteiger partial charge on any atom is -0.496 e. The first-order valence-electron chi connectivity index (χ1n) is 6.49. The monoisotopic (exact) mass is 310 g/mol. The van der Waals surface area contributed by atoms with Crippen molar-refractivity contribution in [2.75, 3.05) is 7.11 Å². The van der Waals surface area contributed by atoms with Crippen molar-refractivity contribution in [3.63, 3.8) is 0 Å². The topological polar surface area (TPSA) is 9.23 Å². The molecule has 1 nitrogen and oxygen atoms in total. The van der Waals surface area contributed by atoms with Gasteiger partial charge in [0, 0.05) is 4.83 Å². The predicted octanol–water partition coefficient (Wildman–Crippen LogP) is 5.08. The highest BCUT2D eigenvalue weighted by molar-refractivity contribution is 9.09. The van der Waals surface area contributed by atoms with E-state index in [1.54, 1.807) is 7.11 Å². The fraction of sp³-hybridized carbons (Fsp3) is 0.500. The molecule has 0 aliphatic carbocycles. The number of hydrogen-bond acceptors (Lipinski definition) is 1. The van der Waals surface area contributed by atoms with Crippen LogP contribution in [0.15, 0.2) is 24.8 Å². The van der Waals surface area contributed by atoms with Crippen LogP contribution >= 0.6 is 15.9 Å². The zero-order valence-corrected chi connectivity index (χ0v) is 13.4. The van der Waals surface area contributed by atoms with Crippen LogP contribution in [-0.2, 0) is 6.42 Å². The van der Waals surface area contributed by atoms with Crippen LogP contribution in [-0.4, -0.2) is 11.9 Å². The lowest BCUT2D eigenvalue weighted by molar-refractivity contribution is 0.410. The summed E-state index contributed by atoms with van der Waals surface area (Å²) in [7, 11) is 1.72. The molecule has 1 aromatic rings. The highest BCUT2D eigenvalue weighted by Gasteiger charge is 2.14. The fourth-order valence-corrected chi connectivity index (χ4v) is 2.99. The van der Waals surface area contributed by atoms with E-state index < -0.39 is 0 Å². The number of rotatable bonds is 6. The first-order chi connectivity index (χ1) is 8.49. The van der Waals surface area contributed by atoms with E-state index in [2.05, 4.69) is 61.5 Å². The molecule has 0 fully saturated rings. The van der Waals surface area contributed by atoms with Crippen molar-refractivity contribution >= 4 is 21.5 Å². The Kier molecular flexibility index (Phi) is 5.94. The van der Waals surface area contributed by atoms with Gasteiger partial charge < -0.3 is 4.74 Å². The standard InChI is InChI=1S/C16H23BrO/c1-6-13-7-8-14(10-16(13)18-5)12(4)15(17)9-11(2)3/h7-8,10-11,15H,4,6,9H2,1-3,5H3. The molecule has 1 aromatic carbocycles. The van der Waals surface area contributed by atoms with E-state index in [0.717, 1.165) is 29.7 Å². The van der Waals surface area contributed by atoms with E-state index >= 15 is 0 Å². The van der Waals surface area contributed by atoms with E-state index in [-0.39, 0.29) is 0 Å². The Bertz CT molecular complexity index is 410. The molecule has 0 spiro atoms. The van der Waals surface area contributed by atoms with Gasteiger partial charge in [-0.2, -0.15) is 0 Å². The van der Waals surface area contributed by atoms with Crippen LogP contribution in [0.3, 0.4) is 0 Å². The Morgan fingerprint density at radius 3 is 2.56 bits per heavy atom. The highest BCUT2D eigenvalue weighted by atomic mass is 79.9. The summed E-state index contributed by atoms with van der Waals surface area (Å²) in [4.78, 5) is 0.328. The third-order valence-corrected chi connectivity index (χ3v) is 4.02. The van der Waals surface area contributed by atoms with Crippen LogP contribution < -0.4 is 4.74 Å². The number of alkyl halides is 1. The minimum atomic E-state index is 0.328. The summed E-state index contributed by atoms with van der Waals surface area (Å²) in [5.74, 6) is 1.61. The first kappa shape index (κ1) is 15.3. The van der Waals surface area contributed by atoms with Gasteiger partial charge in [-0.25, -0.2) is 0 Å². The van der Waals surface area contributed by atoms with Crippen LogP contribution in [0.5, 0.6) is 5.75 Å². The molecular weight excluding hydrogens is 288 g/mol. The van der Waals surface area contributed by atoms with Crippen LogP contribution in [0, 0.1) is 5.92 Å². The van der Waals surface area contributed by atoms with Crippen molar-refractivity contribution in [3.8, 4) is 5.75 Å². The Labute approximate surface area is 119 Å². The number of aryl methyl sites for hydroxylation is 1. The Morgan fingerprint density at radius 1 is 1.39 bits per heavy atom. The number of hydrogen-bond donors (Lipinski definition) is 0. The molecule has 1 rings (SSSR count). The largest absolute Gasteiger partial charge is 0.496 e. The Balaban J connectivity index is 2.92. The van der Waals surface area contributed by atoms with E-state index in [4.69, 9.17) is 4.74 Å². The smallest absolute Gasteiger partial charge is 0.122 e. The van der Waals surface area contributed by atoms with Crippen LogP contribution in [0.1, 0.15) is 38.3 Å². The molecule has 0 bridgehead atoms. The first-order valence-corrected chi connectivity index (χ1v) is 7.41. The maximum Gasteiger partial charge on any atom is 0.122 e. The second-order valence-corrected chi connectivity index (χ2v) is 6.11. The lowest BCUT2D eigenvalue weighted by atomic mass is 9.96. The van der Waals surface area contributed by atoms with Crippen LogP contribution in [0.4, 0.5) is 0 Å². The van der Waals surface area contributed by atoms with Crippen molar-refractivity contribution in [3.05, 3.63) is 35.9 Å². The average molecular weight is 311 g/mol. The maximum absolute atomic E-state index is 5.43. The molecule has 2 heteroatoms. The van der Waals surface area contributed by atoms with Crippen molar-refractivity contribution < 1.29 is 4.74 Å². The fourth-order valence-electron chi connectivity index (χ4n) is 1.97. The van der Waals surface area contributed by atoms with Crippen molar-refractivity contribution in [1.29, 1.82) is 0 Å². The average Bonchev–Trinajstić information content (AvgIpc) is 2.36. The summed E-state index contributed by atoms with van der Waals surface area (Å²) in [6.45, 7) is 10.8. The molecule has 0 saturated carbocycles. The van der Waals surface area contributed by atoms with Crippen molar-refractivity contribution in [2.45, 2.75) is 38.4 Å². The minimum absolute atomic E-state index is 0.328. The van der Waals surface area contributed by atoms with Crippen LogP contribution in [0.2, 0.25) is 0 Å². The van der Waals surface area contributed by atoms with Gasteiger partial charge in [0.15, 0.2) is 0 Å². The van der Waals surface area contributed by atoms with Gasteiger partial charge in [0.1, 0.15) is 5.75 Å². The second-order valence-electron chi connectivity index (χ2n) is 5.00. The number of ether oxygens (including phenoxy) is 1. The summed E-state index contributed by atoms with van der Waals surface area (Å²) >= 11 is 3.72. The van der Waals surface area contributed by atoms with Gasteiger partial charge in [0.25, 0.3) is 0 Å². The Hall–Kier alpha value is -0.760. The van der Waals surface area contributed by atoms with Gasteiger partial charge in [0.05, 0.1) is 7.11 Å².